The average molecular weight is 208 g/mol. The van der Waals surface area contributed by atoms with Gasteiger partial charge in [0, 0.05) is 0 Å². The van der Waals surface area contributed by atoms with Crippen molar-refractivity contribution < 1.29 is 14.7 Å². The number of ether oxygens (including phenoxy) is 1. The second-order valence-corrected chi connectivity index (χ2v) is 2.93. The molecule has 0 fully saturated rings. The maximum atomic E-state index is 9.23. The van der Waals surface area contributed by atoms with Crippen molar-refractivity contribution in [1.29, 1.82) is 5.26 Å². The maximum absolute atomic E-state index is 9.23. The number of aliphatic hydroxyl groups is 1. The average Bonchev–Trinajstić information content (AvgIpc) is 2.27. The zero-order chi connectivity index (χ0) is 11.1. The van der Waals surface area contributed by atoms with Crippen molar-refractivity contribution in [2.75, 3.05) is 13.2 Å². The number of hydrogen-bond donors (Lipinski definition) is 2. The summed E-state index contributed by atoms with van der Waals surface area (Å²) in [5.41, 5.74) is 0.563. The van der Waals surface area contributed by atoms with E-state index in [1.165, 1.54) is 0 Å². The fourth-order valence-corrected chi connectivity index (χ4v) is 0.977. The molecule has 1 aromatic rings. The fourth-order valence-electron chi connectivity index (χ4n) is 0.977. The first-order valence-corrected chi connectivity index (χ1v) is 4.39. The van der Waals surface area contributed by atoms with Gasteiger partial charge < -0.3 is 14.7 Å². The molecule has 0 radical (unpaired) electrons. The summed E-state index contributed by atoms with van der Waals surface area (Å²) in [6, 6.07) is 8.60. The predicted molar refractivity (Wildman–Crippen MR) is 52.8 cm³/mol. The highest BCUT2D eigenvalue weighted by atomic mass is 16.6. The first-order chi connectivity index (χ1) is 7.26. The Morgan fingerprint density at radius 2 is 2.00 bits per heavy atom. The molecule has 0 aliphatic heterocycles. The number of rotatable bonds is 5. The van der Waals surface area contributed by atoms with Gasteiger partial charge in [0.15, 0.2) is 0 Å². The minimum Gasteiger partial charge on any atom is -0.491 e. The standard InChI is InChI=1S/C10H12N2O3/c11-5-8-1-3-10(4-2-8)14-6-9(13)7-15-12/h1-4,9,13H,6-7,12H2. The number of benzene rings is 1. The Bertz CT molecular complexity index is 332. The van der Waals surface area contributed by atoms with Crippen LogP contribution in [0.1, 0.15) is 5.56 Å². The molecule has 1 atom stereocenters. The molecule has 5 heteroatoms. The van der Waals surface area contributed by atoms with Crippen LogP contribution in [-0.2, 0) is 4.84 Å². The van der Waals surface area contributed by atoms with Crippen molar-refractivity contribution in [1.82, 2.24) is 0 Å². The first-order valence-electron chi connectivity index (χ1n) is 4.39. The second-order valence-electron chi connectivity index (χ2n) is 2.93. The van der Waals surface area contributed by atoms with Gasteiger partial charge in [0.2, 0.25) is 0 Å². The lowest BCUT2D eigenvalue weighted by molar-refractivity contribution is 0.0116. The molecule has 5 nitrogen and oxygen atoms in total. The lowest BCUT2D eigenvalue weighted by Crippen LogP contribution is -2.25. The summed E-state index contributed by atoms with van der Waals surface area (Å²) in [4.78, 5) is 4.26. The van der Waals surface area contributed by atoms with E-state index in [1.54, 1.807) is 24.3 Å². The molecule has 0 bridgehead atoms. The summed E-state index contributed by atoms with van der Waals surface area (Å²) in [5, 5.41) is 17.8. The van der Waals surface area contributed by atoms with Gasteiger partial charge in [-0.2, -0.15) is 5.26 Å². The van der Waals surface area contributed by atoms with Crippen molar-refractivity contribution in [3.63, 3.8) is 0 Å². The highest BCUT2D eigenvalue weighted by Gasteiger charge is 2.04. The quantitative estimate of drug-likeness (QED) is 0.674. The molecule has 15 heavy (non-hydrogen) atoms. The molecule has 0 amide bonds. The molecule has 80 valence electrons. The van der Waals surface area contributed by atoms with E-state index < -0.39 is 6.10 Å². The lowest BCUT2D eigenvalue weighted by atomic mass is 10.2. The number of nitrogens with zero attached hydrogens (tertiary/aromatic N) is 1. The third-order valence-corrected chi connectivity index (χ3v) is 1.71. The van der Waals surface area contributed by atoms with E-state index in [2.05, 4.69) is 4.84 Å². The van der Waals surface area contributed by atoms with E-state index in [1.807, 2.05) is 6.07 Å². The molecule has 0 aliphatic carbocycles. The van der Waals surface area contributed by atoms with Gasteiger partial charge in [0.05, 0.1) is 18.2 Å². The summed E-state index contributed by atoms with van der Waals surface area (Å²) < 4.78 is 5.22. The minimum absolute atomic E-state index is 0.0241. The van der Waals surface area contributed by atoms with Crippen LogP contribution in [0, 0.1) is 11.3 Å². The molecule has 1 unspecified atom stereocenters. The number of nitrogens with two attached hydrogens (primary N) is 1. The largest absolute Gasteiger partial charge is 0.491 e. The van der Waals surface area contributed by atoms with Crippen molar-refractivity contribution in [3.05, 3.63) is 29.8 Å². The summed E-state index contributed by atoms with van der Waals surface area (Å²) in [6.45, 7) is 0.124. The number of hydrogen-bond acceptors (Lipinski definition) is 5. The van der Waals surface area contributed by atoms with Gasteiger partial charge in [0.25, 0.3) is 0 Å². The Balaban J connectivity index is 2.41. The van der Waals surface area contributed by atoms with Crippen molar-refractivity contribution in [3.8, 4) is 11.8 Å². The van der Waals surface area contributed by atoms with Gasteiger partial charge in [-0.1, -0.05) is 0 Å². The Morgan fingerprint density at radius 1 is 1.33 bits per heavy atom. The summed E-state index contributed by atoms with van der Waals surface area (Å²) >= 11 is 0. The van der Waals surface area contributed by atoms with Gasteiger partial charge in [0.1, 0.15) is 18.5 Å². The molecule has 0 heterocycles. The van der Waals surface area contributed by atoms with Crippen LogP contribution < -0.4 is 10.6 Å². The van der Waals surface area contributed by atoms with Crippen LogP contribution in [-0.4, -0.2) is 24.4 Å². The Morgan fingerprint density at radius 3 is 2.53 bits per heavy atom. The Kier molecular flexibility index (Phi) is 4.57. The Labute approximate surface area is 87.6 Å². The fraction of sp³-hybridized carbons (Fsp3) is 0.300. The van der Waals surface area contributed by atoms with E-state index in [0.29, 0.717) is 11.3 Å². The van der Waals surface area contributed by atoms with Crippen LogP contribution in [0.2, 0.25) is 0 Å². The molecular weight excluding hydrogens is 196 g/mol. The van der Waals surface area contributed by atoms with Crippen LogP contribution in [0.5, 0.6) is 5.75 Å². The molecule has 1 aromatic carbocycles. The van der Waals surface area contributed by atoms with Crippen LogP contribution in [0.15, 0.2) is 24.3 Å². The van der Waals surface area contributed by atoms with Crippen molar-refractivity contribution in [2.24, 2.45) is 5.90 Å². The summed E-state index contributed by atoms with van der Waals surface area (Å²) in [6.07, 6.45) is -0.759. The van der Waals surface area contributed by atoms with Gasteiger partial charge in [-0.3, -0.25) is 0 Å². The molecule has 0 saturated heterocycles. The highest BCUT2D eigenvalue weighted by Crippen LogP contribution is 2.11. The van der Waals surface area contributed by atoms with Crippen molar-refractivity contribution >= 4 is 0 Å². The van der Waals surface area contributed by atoms with E-state index in [0.717, 1.165) is 0 Å². The number of nitriles is 1. The molecule has 0 spiro atoms. The zero-order valence-corrected chi connectivity index (χ0v) is 8.09. The minimum atomic E-state index is -0.759. The third kappa shape index (κ3) is 3.95. The summed E-state index contributed by atoms with van der Waals surface area (Å²) in [7, 11) is 0. The smallest absolute Gasteiger partial charge is 0.119 e. The zero-order valence-electron chi connectivity index (χ0n) is 8.09. The molecule has 1 rings (SSSR count). The molecular formula is C10H12N2O3. The second kappa shape index (κ2) is 5.98. The van der Waals surface area contributed by atoms with Crippen molar-refractivity contribution in [2.45, 2.75) is 6.10 Å². The van der Waals surface area contributed by atoms with Crippen LogP contribution in [0.4, 0.5) is 0 Å². The van der Waals surface area contributed by atoms with Crippen LogP contribution >= 0.6 is 0 Å². The lowest BCUT2D eigenvalue weighted by Gasteiger charge is -2.10. The normalized spacial score (nSPS) is 11.8. The molecule has 0 aliphatic rings. The third-order valence-electron chi connectivity index (χ3n) is 1.71. The van der Waals surface area contributed by atoms with Gasteiger partial charge >= 0.3 is 0 Å². The van der Waals surface area contributed by atoms with E-state index in [4.69, 9.17) is 15.9 Å². The topological polar surface area (TPSA) is 88.5 Å². The highest BCUT2D eigenvalue weighted by molar-refractivity contribution is 5.34. The van der Waals surface area contributed by atoms with Gasteiger partial charge in [-0.15, -0.1) is 0 Å². The van der Waals surface area contributed by atoms with Gasteiger partial charge in [-0.05, 0) is 24.3 Å². The van der Waals surface area contributed by atoms with Gasteiger partial charge in [-0.25, -0.2) is 5.90 Å². The maximum Gasteiger partial charge on any atom is 0.119 e. The predicted octanol–water partition coefficient (Wildman–Crippen LogP) is 0.188. The first kappa shape index (κ1) is 11.5. The molecule has 3 N–H and O–H groups in total. The SMILES string of the molecule is N#Cc1ccc(OCC(O)CON)cc1. The Hall–Kier alpha value is -1.61. The molecule has 0 saturated carbocycles. The van der Waals surface area contributed by atoms with Crippen LogP contribution in [0.25, 0.3) is 0 Å². The molecule has 0 aromatic heterocycles. The van der Waals surface area contributed by atoms with E-state index >= 15 is 0 Å². The monoisotopic (exact) mass is 208 g/mol. The van der Waals surface area contributed by atoms with Crippen LogP contribution in [0.3, 0.4) is 0 Å². The number of aliphatic hydroxyl groups excluding tert-OH is 1. The summed E-state index contributed by atoms with van der Waals surface area (Å²) in [5.74, 6) is 5.37. The van der Waals surface area contributed by atoms with E-state index in [-0.39, 0.29) is 13.2 Å². The van der Waals surface area contributed by atoms with E-state index in [9.17, 15) is 5.11 Å².